The quantitative estimate of drug-likeness (QED) is 0.659. The summed E-state index contributed by atoms with van der Waals surface area (Å²) in [6.45, 7) is 3.41. The number of benzene rings is 1. The number of ether oxygens (including phenoxy) is 3. The second kappa shape index (κ2) is 5.90. The predicted molar refractivity (Wildman–Crippen MR) is 81.6 cm³/mol. The van der Waals surface area contributed by atoms with Gasteiger partial charge in [-0.25, -0.2) is 18.6 Å². The maximum absolute atomic E-state index is 14.6. The fourth-order valence-corrected chi connectivity index (χ4v) is 2.38. The van der Waals surface area contributed by atoms with E-state index in [1.54, 1.807) is 0 Å². The Kier molecular flexibility index (Phi) is 3.98. The number of hydrogen-bond acceptors (Lipinski definition) is 6. The third-order valence-corrected chi connectivity index (χ3v) is 3.54. The summed E-state index contributed by atoms with van der Waals surface area (Å²) < 4.78 is 68.0. The lowest BCUT2D eigenvalue weighted by Crippen LogP contribution is -2.25. The van der Waals surface area contributed by atoms with Crippen molar-refractivity contribution >= 4 is 17.7 Å². The number of carbonyl (C=O) groups excluding carboxylic acids is 1. The number of carbonyl (C=O) groups is 1. The van der Waals surface area contributed by atoms with Crippen LogP contribution in [-0.4, -0.2) is 24.4 Å². The molecule has 1 aliphatic heterocycles. The van der Waals surface area contributed by atoms with Crippen molar-refractivity contribution in [3.63, 3.8) is 0 Å². The number of rotatable bonds is 3. The average molecular weight is 370 g/mol. The summed E-state index contributed by atoms with van der Waals surface area (Å²) in [7, 11) is 1.05. The molecule has 0 fully saturated rings. The summed E-state index contributed by atoms with van der Waals surface area (Å²) in [4.78, 5) is 15.6. The van der Waals surface area contributed by atoms with E-state index in [2.05, 4.69) is 25.8 Å². The summed E-state index contributed by atoms with van der Waals surface area (Å²) in [6.07, 6.45) is -2.90. The topological polar surface area (TPSA) is 83.7 Å². The van der Waals surface area contributed by atoms with E-state index in [1.807, 2.05) is 0 Å². The van der Waals surface area contributed by atoms with Crippen molar-refractivity contribution in [1.29, 1.82) is 0 Å². The lowest BCUT2D eigenvalue weighted by atomic mass is 10.0. The molecule has 2 heterocycles. The molecule has 0 spiro atoms. The van der Waals surface area contributed by atoms with Crippen LogP contribution >= 0.6 is 0 Å². The van der Waals surface area contributed by atoms with Crippen LogP contribution in [0.2, 0.25) is 0 Å². The number of nitrogens with two attached hydrogens (primary N) is 1. The molecule has 1 aromatic carbocycles. The Labute approximate surface area is 143 Å². The van der Waals surface area contributed by atoms with Crippen LogP contribution in [0.1, 0.15) is 16.1 Å². The zero-order valence-corrected chi connectivity index (χ0v) is 13.1. The second-order valence-electron chi connectivity index (χ2n) is 5.09. The Balaban J connectivity index is 2.24. The van der Waals surface area contributed by atoms with Crippen molar-refractivity contribution < 1.29 is 36.6 Å². The van der Waals surface area contributed by atoms with Crippen LogP contribution in [0.25, 0.3) is 17.3 Å². The molecule has 136 valence electrons. The van der Waals surface area contributed by atoms with E-state index in [1.165, 1.54) is 0 Å². The third kappa shape index (κ3) is 2.68. The molecule has 0 unspecified atom stereocenters. The van der Waals surface area contributed by atoms with Crippen molar-refractivity contribution in [1.82, 2.24) is 4.98 Å². The number of nitrogens with zero attached hydrogens (tertiary/aromatic N) is 1. The first-order chi connectivity index (χ1) is 12.2. The number of pyridine rings is 1. The van der Waals surface area contributed by atoms with Gasteiger partial charge in [0.25, 0.3) is 0 Å². The molecule has 0 amide bonds. The molecule has 1 aliphatic rings. The van der Waals surface area contributed by atoms with Gasteiger partial charge in [-0.3, -0.25) is 0 Å². The Hall–Kier alpha value is -3.30. The van der Waals surface area contributed by atoms with Crippen LogP contribution in [0.4, 0.5) is 23.2 Å². The van der Waals surface area contributed by atoms with Gasteiger partial charge in [-0.05, 0) is 6.07 Å². The molecule has 0 saturated heterocycles. The highest BCUT2D eigenvalue weighted by molar-refractivity contribution is 5.95. The smallest absolute Gasteiger partial charge is 0.464 e. The lowest BCUT2D eigenvalue weighted by molar-refractivity contribution is -0.286. The van der Waals surface area contributed by atoms with Gasteiger partial charge in [0.15, 0.2) is 23.0 Å². The summed E-state index contributed by atoms with van der Waals surface area (Å²) >= 11 is 0. The Morgan fingerprint density at radius 2 is 1.92 bits per heavy atom. The van der Waals surface area contributed by atoms with Crippen molar-refractivity contribution in [3.8, 4) is 22.8 Å². The molecule has 0 atom stereocenters. The van der Waals surface area contributed by atoms with E-state index in [0.29, 0.717) is 6.07 Å². The van der Waals surface area contributed by atoms with Crippen LogP contribution in [-0.2, 0) is 4.74 Å². The number of anilines is 1. The van der Waals surface area contributed by atoms with E-state index in [-0.39, 0.29) is 5.56 Å². The number of methoxy groups -OCH3 is 1. The largest absolute Gasteiger partial charge is 0.586 e. The molecule has 2 aromatic rings. The van der Waals surface area contributed by atoms with Crippen molar-refractivity contribution in [2.45, 2.75) is 6.29 Å². The van der Waals surface area contributed by atoms with Crippen LogP contribution in [0.5, 0.6) is 11.5 Å². The summed E-state index contributed by atoms with van der Waals surface area (Å²) in [5.41, 5.74) is 3.29. The minimum atomic E-state index is -3.98. The second-order valence-corrected chi connectivity index (χ2v) is 5.09. The van der Waals surface area contributed by atoms with Gasteiger partial charge in [0.05, 0.1) is 12.8 Å². The van der Waals surface area contributed by atoms with Gasteiger partial charge in [-0.1, -0.05) is 12.7 Å². The first-order valence-electron chi connectivity index (χ1n) is 6.98. The van der Waals surface area contributed by atoms with Gasteiger partial charge < -0.3 is 19.9 Å². The lowest BCUT2D eigenvalue weighted by Gasteiger charge is -2.12. The number of nitrogen functional groups attached to an aromatic ring is 1. The maximum Gasteiger partial charge on any atom is 0.586 e. The number of aromatic nitrogens is 1. The SMILES string of the molecule is C=Cc1c(C(=O)OC)nc(-c2cc3c(cc2F)OC(F)(F)O3)c(F)c1N. The van der Waals surface area contributed by atoms with Crippen molar-refractivity contribution in [2.75, 3.05) is 12.8 Å². The number of fused-ring (bicyclic) bond motifs is 1. The third-order valence-electron chi connectivity index (χ3n) is 3.54. The number of alkyl halides is 2. The molecule has 0 bridgehead atoms. The Morgan fingerprint density at radius 3 is 2.50 bits per heavy atom. The minimum Gasteiger partial charge on any atom is -0.464 e. The van der Waals surface area contributed by atoms with Gasteiger partial charge in [0.1, 0.15) is 11.5 Å². The highest BCUT2D eigenvalue weighted by Gasteiger charge is 2.44. The first-order valence-corrected chi connectivity index (χ1v) is 6.98. The Bertz CT molecular complexity index is 947. The molecular weight excluding hydrogens is 360 g/mol. The molecule has 1 aromatic heterocycles. The van der Waals surface area contributed by atoms with Gasteiger partial charge in [0, 0.05) is 17.2 Å². The molecule has 26 heavy (non-hydrogen) atoms. The van der Waals surface area contributed by atoms with Crippen molar-refractivity contribution in [2.24, 2.45) is 0 Å². The zero-order chi connectivity index (χ0) is 19.2. The maximum atomic E-state index is 14.6. The highest BCUT2D eigenvalue weighted by atomic mass is 19.3. The zero-order valence-electron chi connectivity index (χ0n) is 13.1. The number of esters is 1. The molecule has 6 nitrogen and oxygen atoms in total. The fraction of sp³-hybridized carbons (Fsp3) is 0.125. The first kappa shape index (κ1) is 17.5. The van der Waals surface area contributed by atoms with Crippen LogP contribution in [0, 0.1) is 11.6 Å². The number of halogens is 4. The van der Waals surface area contributed by atoms with E-state index in [9.17, 15) is 22.4 Å². The monoisotopic (exact) mass is 370 g/mol. The fourth-order valence-electron chi connectivity index (χ4n) is 2.38. The van der Waals surface area contributed by atoms with Gasteiger partial charge >= 0.3 is 12.3 Å². The van der Waals surface area contributed by atoms with Crippen LogP contribution in [0.15, 0.2) is 18.7 Å². The summed E-state index contributed by atoms with van der Waals surface area (Å²) in [5.74, 6) is -4.38. The van der Waals surface area contributed by atoms with Crippen LogP contribution < -0.4 is 15.2 Å². The van der Waals surface area contributed by atoms with E-state index in [0.717, 1.165) is 19.3 Å². The Morgan fingerprint density at radius 1 is 1.31 bits per heavy atom. The van der Waals surface area contributed by atoms with E-state index < -0.39 is 58.0 Å². The number of hydrogen-bond donors (Lipinski definition) is 1. The molecule has 10 heteroatoms. The summed E-state index contributed by atoms with van der Waals surface area (Å²) in [5, 5.41) is 0. The molecule has 0 aliphatic carbocycles. The highest BCUT2D eigenvalue weighted by Crippen LogP contribution is 2.44. The normalized spacial score (nSPS) is 14.2. The van der Waals surface area contributed by atoms with Gasteiger partial charge in [-0.15, -0.1) is 8.78 Å². The van der Waals surface area contributed by atoms with Gasteiger partial charge in [0.2, 0.25) is 0 Å². The van der Waals surface area contributed by atoms with Gasteiger partial charge in [-0.2, -0.15) is 0 Å². The molecule has 0 saturated carbocycles. The van der Waals surface area contributed by atoms with Crippen molar-refractivity contribution in [3.05, 3.63) is 41.6 Å². The molecular formula is C16H10F4N2O4. The average Bonchev–Trinajstić information content (AvgIpc) is 2.88. The minimum absolute atomic E-state index is 0.147. The molecule has 0 radical (unpaired) electrons. The predicted octanol–water partition coefficient (Wildman–Crippen LogP) is 3.36. The summed E-state index contributed by atoms with van der Waals surface area (Å²) in [6, 6.07) is 1.35. The molecule has 2 N–H and O–H groups in total. The van der Waals surface area contributed by atoms with E-state index >= 15 is 0 Å². The molecule has 3 rings (SSSR count). The van der Waals surface area contributed by atoms with E-state index in [4.69, 9.17) is 5.73 Å². The standard InChI is InChI=1S/C16H10F4N2O4/c1-3-6-12(21)11(18)13(22-14(6)15(23)24-2)7-4-9-10(5-8(7)17)26-16(19,20)25-9/h3-5H,1H2,2H3,(H2,21,22). The van der Waals surface area contributed by atoms with Crippen LogP contribution in [0.3, 0.4) is 0 Å².